The molecule has 9 heteroatoms. The van der Waals surface area contributed by atoms with Gasteiger partial charge in [-0.3, -0.25) is 14.4 Å². The summed E-state index contributed by atoms with van der Waals surface area (Å²) in [6.07, 6.45) is -2.56. The van der Waals surface area contributed by atoms with E-state index in [0.29, 0.717) is 40.9 Å². The summed E-state index contributed by atoms with van der Waals surface area (Å²) in [5, 5.41) is 5.73. The molecular formula is C34H30F3N3O3. The lowest BCUT2D eigenvalue weighted by Crippen LogP contribution is -2.41. The minimum atomic E-state index is -4.44. The third-order valence-electron chi connectivity index (χ3n) is 7.44. The van der Waals surface area contributed by atoms with Crippen LogP contribution in [0.3, 0.4) is 0 Å². The van der Waals surface area contributed by atoms with Crippen molar-refractivity contribution in [2.24, 2.45) is 0 Å². The molecule has 1 atom stereocenters. The summed E-state index contributed by atoms with van der Waals surface area (Å²) in [6.45, 7) is 1.52. The number of hydrogen-bond acceptors (Lipinski definition) is 3. The third-order valence-corrected chi connectivity index (χ3v) is 7.44. The summed E-state index contributed by atoms with van der Waals surface area (Å²) in [7, 11) is 0. The number of benzene rings is 4. The molecule has 0 radical (unpaired) electrons. The molecule has 6 nitrogen and oxygen atoms in total. The minimum Gasteiger partial charge on any atom is -0.348 e. The predicted molar refractivity (Wildman–Crippen MR) is 157 cm³/mol. The molecule has 0 spiro atoms. The van der Waals surface area contributed by atoms with E-state index in [4.69, 9.17) is 0 Å². The standard InChI is InChI=1S/C34H30F3N3O3/c35-34(36,37)27-18-16-24(17-19-27)28-10-4-5-11-29(28)32(42)38-22-23-12-14-26(15-13-23)31(41)39-30(25-8-2-1-3-9-25)33(43)40-20-6-7-21-40/h1-5,8-19,30H,6-7,20-22H2,(H,38,42)(H,39,41)/t30-/m0/s1. The molecule has 4 aromatic rings. The summed E-state index contributed by atoms with van der Waals surface area (Å²) in [5.41, 5.74) is 2.39. The first kappa shape index (κ1) is 29.6. The van der Waals surface area contributed by atoms with Crippen molar-refractivity contribution >= 4 is 17.7 Å². The van der Waals surface area contributed by atoms with Gasteiger partial charge in [-0.25, -0.2) is 0 Å². The van der Waals surface area contributed by atoms with Crippen LogP contribution in [0.15, 0.2) is 103 Å². The van der Waals surface area contributed by atoms with Crippen LogP contribution in [-0.2, 0) is 17.5 Å². The van der Waals surface area contributed by atoms with Crippen LogP contribution in [0.2, 0.25) is 0 Å². The smallest absolute Gasteiger partial charge is 0.348 e. The van der Waals surface area contributed by atoms with Crippen molar-refractivity contribution in [1.29, 1.82) is 0 Å². The quantitative estimate of drug-likeness (QED) is 0.251. The van der Waals surface area contributed by atoms with Gasteiger partial charge in [0, 0.05) is 30.8 Å². The molecule has 1 heterocycles. The van der Waals surface area contributed by atoms with E-state index in [9.17, 15) is 27.6 Å². The van der Waals surface area contributed by atoms with E-state index in [1.165, 1.54) is 12.1 Å². The molecule has 1 saturated heterocycles. The molecule has 220 valence electrons. The Morgan fingerprint density at radius 2 is 1.37 bits per heavy atom. The van der Waals surface area contributed by atoms with Crippen LogP contribution < -0.4 is 10.6 Å². The Hall–Kier alpha value is -4.92. The number of nitrogens with one attached hydrogen (secondary N) is 2. The summed E-state index contributed by atoms with van der Waals surface area (Å²) in [6, 6.07) is 26.4. The fourth-order valence-corrected chi connectivity index (χ4v) is 5.09. The third kappa shape index (κ3) is 7.12. The highest BCUT2D eigenvalue weighted by Crippen LogP contribution is 2.32. The normalized spacial score (nSPS) is 13.8. The molecule has 5 rings (SSSR count). The van der Waals surface area contributed by atoms with Crippen LogP contribution >= 0.6 is 0 Å². The predicted octanol–water partition coefficient (Wildman–Crippen LogP) is 6.40. The number of halogens is 3. The average molecular weight is 586 g/mol. The number of rotatable bonds is 8. The second kappa shape index (κ2) is 12.9. The molecule has 2 N–H and O–H groups in total. The SMILES string of the molecule is O=C(N[C@H](C(=O)N1CCCC1)c1ccccc1)c1ccc(CNC(=O)c2ccccc2-c2ccc(C(F)(F)F)cc2)cc1. The van der Waals surface area contributed by atoms with Gasteiger partial charge in [-0.05, 0) is 65.4 Å². The van der Waals surface area contributed by atoms with Crippen LogP contribution in [0.5, 0.6) is 0 Å². The van der Waals surface area contributed by atoms with Crippen molar-refractivity contribution in [2.45, 2.75) is 31.6 Å². The summed E-state index contributed by atoms with van der Waals surface area (Å²) >= 11 is 0. The Morgan fingerprint density at radius 1 is 0.744 bits per heavy atom. The lowest BCUT2D eigenvalue weighted by molar-refractivity contribution is -0.137. The maximum absolute atomic E-state index is 13.2. The lowest BCUT2D eigenvalue weighted by atomic mass is 9.98. The highest BCUT2D eigenvalue weighted by Gasteiger charge is 2.31. The number of alkyl halides is 3. The van der Waals surface area contributed by atoms with Crippen molar-refractivity contribution in [1.82, 2.24) is 15.5 Å². The molecule has 1 fully saturated rings. The van der Waals surface area contributed by atoms with Crippen molar-refractivity contribution in [2.75, 3.05) is 13.1 Å². The number of carbonyl (C=O) groups is 3. The number of amides is 3. The molecule has 1 aliphatic heterocycles. The van der Waals surface area contributed by atoms with Gasteiger partial charge in [0.25, 0.3) is 11.8 Å². The minimum absolute atomic E-state index is 0.132. The highest BCUT2D eigenvalue weighted by atomic mass is 19.4. The van der Waals surface area contributed by atoms with E-state index >= 15 is 0 Å². The molecule has 0 bridgehead atoms. The highest BCUT2D eigenvalue weighted by molar-refractivity contribution is 6.01. The number of nitrogens with zero attached hydrogens (tertiary/aromatic N) is 1. The fraction of sp³-hybridized carbons (Fsp3) is 0.206. The second-order valence-electron chi connectivity index (χ2n) is 10.3. The maximum atomic E-state index is 13.2. The van der Waals surface area contributed by atoms with Crippen LogP contribution in [-0.4, -0.2) is 35.7 Å². The van der Waals surface area contributed by atoms with Crippen LogP contribution in [0, 0.1) is 0 Å². The number of hydrogen-bond donors (Lipinski definition) is 2. The van der Waals surface area contributed by atoms with E-state index < -0.39 is 17.8 Å². The molecule has 0 aromatic heterocycles. The number of carbonyl (C=O) groups excluding carboxylic acids is 3. The van der Waals surface area contributed by atoms with Crippen molar-refractivity contribution in [3.63, 3.8) is 0 Å². The van der Waals surface area contributed by atoms with Gasteiger partial charge in [0.15, 0.2) is 0 Å². The van der Waals surface area contributed by atoms with Gasteiger partial charge >= 0.3 is 6.18 Å². The van der Waals surface area contributed by atoms with E-state index in [-0.39, 0.29) is 24.3 Å². The monoisotopic (exact) mass is 585 g/mol. The van der Waals surface area contributed by atoms with Gasteiger partial charge in [-0.2, -0.15) is 13.2 Å². The molecule has 0 aliphatic carbocycles. The lowest BCUT2D eigenvalue weighted by Gasteiger charge is -2.24. The summed E-state index contributed by atoms with van der Waals surface area (Å²) < 4.78 is 38.9. The van der Waals surface area contributed by atoms with Crippen molar-refractivity contribution in [3.05, 3.63) is 131 Å². The first-order valence-corrected chi connectivity index (χ1v) is 14.0. The van der Waals surface area contributed by atoms with Gasteiger partial charge in [0.2, 0.25) is 5.91 Å². The van der Waals surface area contributed by atoms with Crippen LogP contribution in [0.1, 0.15) is 56.3 Å². The summed E-state index contributed by atoms with van der Waals surface area (Å²) in [5.74, 6) is -0.904. The zero-order chi connectivity index (χ0) is 30.4. The number of likely N-dealkylation sites (tertiary alicyclic amines) is 1. The maximum Gasteiger partial charge on any atom is 0.416 e. The fourth-order valence-electron chi connectivity index (χ4n) is 5.09. The average Bonchev–Trinajstić information content (AvgIpc) is 3.58. The molecule has 3 amide bonds. The Kier molecular flexibility index (Phi) is 8.90. The van der Waals surface area contributed by atoms with Gasteiger partial charge in [0.1, 0.15) is 6.04 Å². The molecule has 43 heavy (non-hydrogen) atoms. The Labute approximate surface area is 247 Å². The van der Waals surface area contributed by atoms with E-state index in [2.05, 4.69) is 10.6 Å². The van der Waals surface area contributed by atoms with Gasteiger partial charge < -0.3 is 15.5 Å². The second-order valence-corrected chi connectivity index (χ2v) is 10.3. The molecule has 0 saturated carbocycles. The van der Waals surface area contributed by atoms with E-state index in [1.54, 1.807) is 53.4 Å². The first-order valence-electron chi connectivity index (χ1n) is 14.0. The Balaban J connectivity index is 1.24. The molecular weight excluding hydrogens is 555 g/mol. The molecule has 0 unspecified atom stereocenters. The molecule has 1 aliphatic rings. The molecule has 4 aromatic carbocycles. The van der Waals surface area contributed by atoms with Crippen LogP contribution in [0.25, 0.3) is 11.1 Å². The zero-order valence-electron chi connectivity index (χ0n) is 23.2. The van der Waals surface area contributed by atoms with Gasteiger partial charge in [0.05, 0.1) is 5.56 Å². The van der Waals surface area contributed by atoms with Gasteiger partial charge in [-0.15, -0.1) is 0 Å². The first-order chi connectivity index (χ1) is 20.7. The van der Waals surface area contributed by atoms with Crippen molar-refractivity contribution < 1.29 is 27.6 Å². The summed E-state index contributed by atoms with van der Waals surface area (Å²) in [4.78, 5) is 41.2. The van der Waals surface area contributed by atoms with Gasteiger partial charge in [-0.1, -0.05) is 72.8 Å². The van der Waals surface area contributed by atoms with E-state index in [0.717, 1.165) is 30.5 Å². The van der Waals surface area contributed by atoms with Crippen LogP contribution in [0.4, 0.5) is 13.2 Å². The Morgan fingerprint density at radius 3 is 2.02 bits per heavy atom. The zero-order valence-corrected chi connectivity index (χ0v) is 23.2. The largest absolute Gasteiger partial charge is 0.416 e. The topological polar surface area (TPSA) is 78.5 Å². The van der Waals surface area contributed by atoms with Crippen molar-refractivity contribution in [3.8, 4) is 11.1 Å². The Bertz CT molecular complexity index is 1580. The van der Waals surface area contributed by atoms with E-state index in [1.807, 2.05) is 30.3 Å².